The zero-order valence-corrected chi connectivity index (χ0v) is 8.21. The molecule has 2 nitrogen and oxygen atoms in total. The number of allylic oxidation sites excluding steroid dienone is 1. The summed E-state index contributed by atoms with van der Waals surface area (Å²) in [6.07, 6.45) is 2.98. The highest BCUT2D eigenvalue weighted by molar-refractivity contribution is 6.27. The highest BCUT2D eigenvalue weighted by atomic mass is 28.2. The lowest BCUT2D eigenvalue weighted by Crippen LogP contribution is -2.12. The van der Waals surface area contributed by atoms with Crippen LogP contribution in [0.25, 0.3) is 0 Å². The first-order valence-electron chi connectivity index (χ1n) is 3.56. The van der Waals surface area contributed by atoms with Crippen LogP contribution in [0.5, 0.6) is 0 Å². The van der Waals surface area contributed by atoms with E-state index in [1.165, 1.54) is 0 Å². The highest BCUT2D eigenvalue weighted by Gasteiger charge is 1.95. The lowest BCUT2D eigenvalue weighted by atomic mass is 10.5. The maximum atomic E-state index is 5.36. The Bertz CT molecular complexity index is 85.7. The van der Waals surface area contributed by atoms with Crippen LogP contribution in [0.15, 0.2) is 12.7 Å². The molecule has 3 heteroatoms. The minimum Gasteiger partial charge on any atom is -0.400 e. The Labute approximate surface area is 65.2 Å². The molecule has 0 saturated carbocycles. The number of ether oxygens (including phenoxy) is 1. The summed E-state index contributed by atoms with van der Waals surface area (Å²) in [7, 11) is 1.30. The molecule has 60 valence electrons. The topological polar surface area (TPSA) is 18.5 Å². The van der Waals surface area contributed by atoms with Gasteiger partial charge in [0.05, 0.1) is 0 Å². The third kappa shape index (κ3) is 6.00. The Balaban J connectivity index is 2.95. The van der Waals surface area contributed by atoms with Crippen LogP contribution in [0.2, 0.25) is 6.04 Å². The molecular formula is C7H16O2Si. The molecule has 10 heavy (non-hydrogen) atoms. The predicted molar refractivity (Wildman–Crippen MR) is 45.7 cm³/mol. The minimum atomic E-state index is -0.354. The fourth-order valence-electron chi connectivity index (χ4n) is 0.545. The SMILES string of the molecule is C=CCC[SiH2]OC(C)OC. The van der Waals surface area contributed by atoms with Crippen molar-refractivity contribution in [2.24, 2.45) is 0 Å². The molecule has 0 bridgehead atoms. The van der Waals surface area contributed by atoms with Gasteiger partial charge in [-0.05, 0) is 19.4 Å². The van der Waals surface area contributed by atoms with Crippen LogP contribution in [-0.4, -0.2) is 23.2 Å². The van der Waals surface area contributed by atoms with Gasteiger partial charge in [0.25, 0.3) is 0 Å². The van der Waals surface area contributed by atoms with Gasteiger partial charge in [0.2, 0.25) is 0 Å². The normalized spacial score (nSPS) is 14.2. The van der Waals surface area contributed by atoms with E-state index in [9.17, 15) is 0 Å². The maximum absolute atomic E-state index is 5.36. The monoisotopic (exact) mass is 160 g/mol. The molecule has 0 amide bonds. The van der Waals surface area contributed by atoms with Gasteiger partial charge in [-0.3, -0.25) is 0 Å². The molecule has 0 rings (SSSR count). The molecule has 0 heterocycles. The van der Waals surface area contributed by atoms with Crippen molar-refractivity contribution in [1.82, 2.24) is 0 Å². The van der Waals surface area contributed by atoms with Crippen LogP contribution in [0, 0.1) is 0 Å². The third-order valence-corrected chi connectivity index (χ3v) is 2.64. The summed E-state index contributed by atoms with van der Waals surface area (Å²) in [6, 6.07) is 1.16. The molecular weight excluding hydrogens is 144 g/mol. The first-order chi connectivity index (χ1) is 4.81. The van der Waals surface area contributed by atoms with Crippen LogP contribution >= 0.6 is 0 Å². The Kier molecular flexibility index (Phi) is 6.90. The Morgan fingerprint density at radius 1 is 1.70 bits per heavy atom. The van der Waals surface area contributed by atoms with Crippen LogP contribution < -0.4 is 0 Å². The molecule has 0 aromatic carbocycles. The molecule has 0 fully saturated rings. The lowest BCUT2D eigenvalue weighted by molar-refractivity contribution is -0.0371. The Morgan fingerprint density at radius 3 is 2.90 bits per heavy atom. The van der Waals surface area contributed by atoms with Gasteiger partial charge in [0.15, 0.2) is 9.76 Å². The molecule has 0 N–H and O–H groups in total. The number of hydrogen-bond donors (Lipinski definition) is 0. The van der Waals surface area contributed by atoms with E-state index < -0.39 is 0 Å². The average molecular weight is 160 g/mol. The van der Waals surface area contributed by atoms with Gasteiger partial charge in [-0.2, -0.15) is 0 Å². The lowest BCUT2D eigenvalue weighted by Gasteiger charge is -2.09. The Morgan fingerprint density at radius 2 is 2.40 bits per heavy atom. The molecule has 0 aliphatic rings. The summed E-state index contributed by atoms with van der Waals surface area (Å²) in [5.41, 5.74) is 0. The molecule has 1 unspecified atom stereocenters. The Hall–Kier alpha value is -0.123. The van der Waals surface area contributed by atoms with E-state index in [2.05, 4.69) is 6.58 Å². The van der Waals surface area contributed by atoms with Crippen molar-refractivity contribution < 1.29 is 9.16 Å². The van der Waals surface area contributed by atoms with Crippen LogP contribution in [-0.2, 0) is 9.16 Å². The standard InChI is InChI=1S/C7H16O2Si/c1-4-5-6-10-9-7(2)8-3/h4,7H,1,5-6,10H2,2-3H3. The van der Waals surface area contributed by atoms with Crippen molar-refractivity contribution in [1.29, 1.82) is 0 Å². The highest BCUT2D eigenvalue weighted by Crippen LogP contribution is 1.94. The van der Waals surface area contributed by atoms with Crippen molar-refractivity contribution in [3.63, 3.8) is 0 Å². The smallest absolute Gasteiger partial charge is 0.165 e. The first kappa shape index (κ1) is 9.88. The van der Waals surface area contributed by atoms with E-state index in [1.807, 2.05) is 13.0 Å². The second kappa shape index (κ2) is 6.99. The van der Waals surface area contributed by atoms with E-state index in [4.69, 9.17) is 9.16 Å². The molecule has 0 aromatic rings. The second-order valence-corrected chi connectivity index (χ2v) is 3.55. The summed E-state index contributed by atoms with van der Waals surface area (Å²) in [6.45, 7) is 5.55. The van der Waals surface area contributed by atoms with E-state index in [1.54, 1.807) is 7.11 Å². The second-order valence-electron chi connectivity index (χ2n) is 2.11. The summed E-state index contributed by atoms with van der Waals surface area (Å²) >= 11 is 0. The summed E-state index contributed by atoms with van der Waals surface area (Å²) in [5, 5.41) is 0. The van der Waals surface area contributed by atoms with Crippen molar-refractivity contribution in [2.75, 3.05) is 7.11 Å². The van der Waals surface area contributed by atoms with Crippen LogP contribution in [0.4, 0.5) is 0 Å². The molecule has 0 aromatic heterocycles. The molecule has 0 radical (unpaired) electrons. The molecule has 0 aliphatic carbocycles. The fourth-order valence-corrected chi connectivity index (χ4v) is 1.64. The largest absolute Gasteiger partial charge is 0.400 e. The van der Waals surface area contributed by atoms with Gasteiger partial charge in [-0.1, -0.05) is 6.08 Å². The van der Waals surface area contributed by atoms with Gasteiger partial charge < -0.3 is 9.16 Å². The first-order valence-corrected chi connectivity index (χ1v) is 5.14. The molecule has 0 spiro atoms. The average Bonchev–Trinajstić information content (AvgIpc) is 1.98. The van der Waals surface area contributed by atoms with Crippen molar-refractivity contribution in [3.05, 3.63) is 12.7 Å². The molecule has 0 saturated heterocycles. The fraction of sp³-hybridized carbons (Fsp3) is 0.714. The van der Waals surface area contributed by atoms with E-state index in [0.717, 1.165) is 12.5 Å². The molecule has 1 atom stereocenters. The van der Waals surface area contributed by atoms with Crippen LogP contribution in [0.1, 0.15) is 13.3 Å². The van der Waals surface area contributed by atoms with Gasteiger partial charge in [0, 0.05) is 7.11 Å². The summed E-state index contributed by atoms with van der Waals surface area (Å²) in [5.74, 6) is 0. The predicted octanol–water partition coefficient (Wildman–Crippen LogP) is 1.07. The van der Waals surface area contributed by atoms with Gasteiger partial charge >= 0.3 is 0 Å². The molecule has 0 aliphatic heterocycles. The van der Waals surface area contributed by atoms with Crippen molar-refractivity contribution in [2.45, 2.75) is 25.7 Å². The zero-order valence-electron chi connectivity index (χ0n) is 6.80. The van der Waals surface area contributed by atoms with Crippen molar-refractivity contribution >= 4 is 9.76 Å². The number of methoxy groups -OCH3 is 1. The zero-order chi connectivity index (χ0) is 7.82. The van der Waals surface area contributed by atoms with Gasteiger partial charge in [0.1, 0.15) is 6.29 Å². The van der Waals surface area contributed by atoms with E-state index >= 15 is 0 Å². The van der Waals surface area contributed by atoms with Crippen LogP contribution in [0.3, 0.4) is 0 Å². The number of rotatable bonds is 6. The van der Waals surface area contributed by atoms with Gasteiger partial charge in [-0.25, -0.2) is 0 Å². The van der Waals surface area contributed by atoms with Crippen molar-refractivity contribution in [3.8, 4) is 0 Å². The summed E-state index contributed by atoms with van der Waals surface area (Å²) < 4.78 is 10.3. The minimum absolute atomic E-state index is 0.0171. The maximum Gasteiger partial charge on any atom is 0.165 e. The summed E-state index contributed by atoms with van der Waals surface area (Å²) in [4.78, 5) is 0. The third-order valence-electron chi connectivity index (χ3n) is 1.24. The van der Waals surface area contributed by atoms with E-state index in [-0.39, 0.29) is 16.1 Å². The number of hydrogen-bond acceptors (Lipinski definition) is 2. The van der Waals surface area contributed by atoms with Gasteiger partial charge in [-0.15, -0.1) is 6.58 Å². The van der Waals surface area contributed by atoms with E-state index in [0.29, 0.717) is 0 Å². The quantitative estimate of drug-likeness (QED) is 0.250.